The van der Waals surface area contributed by atoms with E-state index in [4.69, 9.17) is 10.5 Å². The van der Waals surface area contributed by atoms with Crippen molar-refractivity contribution in [2.45, 2.75) is 19.8 Å². The zero-order valence-corrected chi connectivity index (χ0v) is 9.48. The maximum atomic E-state index is 11.6. The number of nitrogens with two attached hydrogens (primary N) is 1. The molecule has 86 valence electrons. The molecule has 0 heterocycles. The third kappa shape index (κ3) is 3.77. The monoisotopic (exact) mass is 219 g/mol. The van der Waals surface area contributed by atoms with Crippen LogP contribution in [0.4, 0.5) is 5.69 Å². The van der Waals surface area contributed by atoms with Gasteiger partial charge in [0.25, 0.3) is 0 Å². The number of carbonyl (C=O) groups excluding carboxylic acids is 1. The SMILES string of the molecule is CC/C=C/CCOC(=O)c1ccccc1N. The summed E-state index contributed by atoms with van der Waals surface area (Å²) in [5.41, 5.74) is 6.55. The van der Waals surface area contributed by atoms with Crippen molar-refractivity contribution in [1.29, 1.82) is 0 Å². The van der Waals surface area contributed by atoms with Crippen LogP contribution in [-0.2, 0) is 4.74 Å². The zero-order valence-electron chi connectivity index (χ0n) is 9.48. The molecule has 0 saturated heterocycles. The lowest BCUT2D eigenvalue weighted by molar-refractivity contribution is 0.0513. The molecule has 0 aliphatic rings. The van der Waals surface area contributed by atoms with Crippen molar-refractivity contribution in [3.63, 3.8) is 0 Å². The molecule has 2 N–H and O–H groups in total. The van der Waals surface area contributed by atoms with E-state index in [0.717, 1.165) is 12.8 Å². The lowest BCUT2D eigenvalue weighted by Crippen LogP contribution is -2.08. The molecule has 0 unspecified atom stereocenters. The van der Waals surface area contributed by atoms with Crippen molar-refractivity contribution in [1.82, 2.24) is 0 Å². The number of ether oxygens (including phenoxy) is 1. The van der Waals surface area contributed by atoms with Gasteiger partial charge in [0.1, 0.15) is 0 Å². The number of esters is 1. The van der Waals surface area contributed by atoms with Gasteiger partial charge < -0.3 is 10.5 Å². The number of anilines is 1. The minimum Gasteiger partial charge on any atom is -0.462 e. The first-order chi connectivity index (χ1) is 7.75. The van der Waals surface area contributed by atoms with Gasteiger partial charge in [-0.3, -0.25) is 0 Å². The van der Waals surface area contributed by atoms with E-state index in [1.54, 1.807) is 24.3 Å². The number of nitrogen functional groups attached to an aromatic ring is 1. The second kappa shape index (κ2) is 6.67. The van der Waals surface area contributed by atoms with Crippen LogP contribution in [-0.4, -0.2) is 12.6 Å². The Hall–Kier alpha value is -1.77. The first-order valence-corrected chi connectivity index (χ1v) is 5.42. The molecule has 1 aromatic carbocycles. The maximum absolute atomic E-state index is 11.6. The number of rotatable bonds is 5. The molecule has 0 bridgehead atoms. The van der Waals surface area contributed by atoms with Crippen LogP contribution in [0.5, 0.6) is 0 Å². The Morgan fingerprint density at radius 1 is 1.38 bits per heavy atom. The van der Waals surface area contributed by atoms with E-state index in [2.05, 4.69) is 6.92 Å². The third-order valence-electron chi connectivity index (χ3n) is 2.10. The number of hydrogen-bond acceptors (Lipinski definition) is 3. The first kappa shape index (κ1) is 12.3. The Labute approximate surface area is 95.9 Å². The highest BCUT2D eigenvalue weighted by molar-refractivity contribution is 5.94. The number of para-hydroxylation sites is 1. The fourth-order valence-corrected chi connectivity index (χ4v) is 1.26. The summed E-state index contributed by atoms with van der Waals surface area (Å²) in [6.07, 6.45) is 5.79. The molecule has 0 aliphatic carbocycles. The average Bonchev–Trinajstić information content (AvgIpc) is 2.29. The van der Waals surface area contributed by atoms with Crippen molar-refractivity contribution in [2.75, 3.05) is 12.3 Å². The minimum absolute atomic E-state index is 0.358. The molecule has 3 nitrogen and oxygen atoms in total. The number of allylic oxidation sites excluding steroid dienone is 1. The van der Waals surface area contributed by atoms with Crippen molar-refractivity contribution in [3.8, 4) is 0 Å². The Bertz CT molecular complexity index is 372. The van der Waals surface area contributed by atoms with Crippen LogP contribution in [0.25, 0.3) is 0 Å². The smallest absolute Gasteiger partial charge is 0.340 e. The van der Waals surface area contributed by atoms with E-state index < -0.39 is 0 Å². The van der Waals surface area contributed by atoms with E-state index in [1.165, 1.54) is 0 Å². The predicted octanol–water partition coefficient (Wildman–Crippen LogP) is 2.78. The Morgan fingerprint density at radius 2 is 2.12 bits per heavy atom. The molecular weight excluding hydrogens is 202 g/mol. The van der Waals surface area contributed by atoms with E-state index in [-0.39, 0.29) is 5.97 Å². The lowest BCUT2D eigenvalue weighted by atomic mass is 10.2. The number of benzene rings is 1. The lowest BCUT2D eigenvalue weighted by Gasteiger charge is -2.05. The van der Waals surface area contributed by atoms with E-state index in [0.29, 0.717) is 17.9 Å². The normalized spacial score (nSPS) is 10.6. The molecule has 0 fully saturated rings. The molecule has 0 spiro atoms. The highest BCUT2D eigenvalue weighted by Crippen LogP contribution is 2.11. The number of carbonyl (C=O) groups is 1. The van der Waals surface area contributed by atoms with Crippen LogP contribution >= 0.6 is 0 Å². The zero-order chi connectivity index (χ0) is 11.8. The van der Waals surface area contributed by atoms with Gasteiger partial charge in [-0.2, -0.15) is 0 Å². The topological polar surface area (TPSA) is 52.3 Å². The largest absolute Gasteiger partial charge is 0.462 e. The van der Waals surface area contributed by atoms with Crippen LogP contribution in [0.3, 0.4) is 0 Å². The standard InChI is InChI=1S/C13H17NO2/c1-2-3-4-7-10-16-13(15)11-8-5-6-9-12(11)14/h3-6,8-9H,2,7,10,14H2,1H3/b4-3+. The summed E-state index contributed by atoms with van der Waals surface area (Å²) in [7, 11) is 0. The van der Waals surface area contributed by atoms with Crippen molar-refractivity contribution in [2.24, 2.45) is 0 Å². The minimum atomic E-state index is -0.358. The van der Waals surface area contributed by atoms with Crippen molar-refractivity contribution in [3.05, 3.63) is 42.0 Å². The molecule has 1 rings (SSSR count). The predicted molar refractivity (Wildman–Crippen MR) is 65.2 cm³/mol. The Kier molecular flexibility index (Phi) is 5.12. The molecule has 0 aliphatic heterocycles. The molecule has 1 aromatic rings. The summed E-state index contributed by atoms with van der Waals surface area (Å²) in [6, 6.07) is 6.91. The molecule has 16 heavy (non-hydrogen) atoms. The maximum Gasteiger partial charge on any atom is 0.340 e. The second-order valence-electron chi connectivity index (χ2n) is 3.39. The fraction of sp³-hybridized carbons (Fsp3) is 0.308. The van der Waals surface area contributed by atoms with Crippen LogP contribution in [0.15, 0.2) is 36.4 Å². The third-order valence-corrected chi connectivity index (χ3v) is 2.10. The summed E-state index contributed by atoms with van der Waals surface area (Å²) in [4.78, 5) is 11.6. The molecule has 0 saturated carbocycles. The van der Waals surface area contributed by atoms with Gasteiger partial charge in [-0.15, -0.1) is 0 Å². The van der Waals surface area contributed by atoms with E-state index in [1.807, 2.05) is 12.2 Å². The summed E-state index contributed by atoms with van der Waals surface area (Å²) in [5, 5.41) is 0. The quantitative estimate of drug-likeness (QED) is 0.358. The molecular formula is C13H17NO2. The first-order valence-electron chi connectivity index (χ1n) is 5.42. The molecule has 0 amide bonds. The van der Waals surface area contributed by atoms with Gasteiger partial charge >= 0.3 is 5.97 Å². The summed E-state index contributed by atoms with van der Waals surface area (Å²) in [6.45, 7) is 2.46. The second-order valence-corrected chi connectivity index (χ2v) is 3.39. The molecule has 0 aromatic heterocycles. The van der Waals surface area contributed by atoms with Crippen molar-refractivity contribution >= 4 is 11.7 Å². The highest BCUT2D eigenvalue weighted by atomic mass is 16.5. The van der Waals surface area contributed by atoms with Gasteiger partial charge in [0.05, 0.1) is 12.2 Å². The summed E-state index contributed by atoms with van der Waals surface area (Å²) >= 11 is 0. The van der Waals surface area contributed by atoms with Crippen LogP contribution < -0.4 is 5.73 Å². The van der Waals surface area contributed by atoms with Gasteiger partial charge in [0.2, 0.25) is 0 Å². The van der Waals surface area contributed by atoms with Crippen molar-refractivity contribution < 1.29 is 9.53 Å². The van der Waals surface area contributed by atoms with E-state index >= 15 is 0 Å². The fourth-order valence-electron chi connectivity index (χ4n) is 1.26. The van der Waals surface area contributed by atoms with Crippen LogP contribution in [0.1, 0.15) is 30.1 Å². The Morgan fingerprint density at radius 3 is 2.81 bits per heavy atom. The summed E-state index contributed by atoms with van der Waals surface area (Å²) in [5.74, 6) is -0.358. The van der Waals surface area contributed by atoms with Gasteiger partial charge in [-0.05, 0) is 25.0 Å². The van der Waals surface area contributed by atoms with Gasteiger partial charge in [0.15, 0.2) is 0 Å². The van der Waals surface area contributed by atoms with Gasteiger partial charge in [0, 0.05) is 5.69 Å². The van der Waals surface area contributed by atoms with Crippen LogP contribution in [0.2, 0.25) is 0 Å². The van der Waals surface area contributed by atoms with Gasteiger partial charge in [-0.25, -0.2) is 4.79 Å². The molecule has 3 heteroatoms. The highest BCUT2D eigenvalue weighted by Gasteiger charge is 2.08. The average molecular weight is 219 g/mol. The summed E-state index contributed by atoms with van der Waals surface area (Å²) < 4.78 is 5.09. The molecule has 0 radical (unpaired) electrons. The van der Waals surface area contributed by atoms with E-state index in [9.17, 15) is 4.79 Å². The number of hydrogen-bond donors (Lipinski definition) is 1. The Balaban J connectivity index is 2.41. The van der Waals surface area contributed by atoms with Gasteiger partial charge in [-0.1, -0.05) is 31.2 Å². The molecule has 0 atom stereocenters. The van der Waals surface area contributed by atoms with Crippen LogP contribution in [0, 0.1) is 0 Å².